The number of hydrogen-bond donors (Lipinski definition) is 2. The molecule has 0 amide bonds. The van der Waals surface area contributed by atoms with E-state index >= 15 is 0 Å². The van der Waals surface area contributed by atoms with Gasteiger partial charge >= 0.3 is 0 Å². The molecule has 2 aromatic carbocycles. The lowest BCUT2D eigenvalue weighted by Gasteiger charge is -2.45. The zero-order chi connectivity index (χ0) is 21.1. The number of rotatable bonds is 2. The number of nitrogens with two attached hydrogens (primary N) is 1. The third kappa shape index (κ3) is 3.02. The molecule has 7 heteroatoms. The first-order chi connectivity index (χ1) is 13.5. The average Bonchev–Trinajstić information content (AvgIpc) is 2.90. The van der Waals surface area contributed by atoms with E-state index in [0.717, 1.165) is 28.5 Å². The van der Waals surface area contributed by atoms with Gasteiger partial charge in [0.25, 0.3) is 0 Å². The molecule has 1 unspecified atom stereocenters. The van der Waals surface area contributed by atoms with Gasteiger partial charge in [-0.05, 0) is 74.3 Å². The Hall–Kier alpha value is -2.44. The molecule has 0 saturated heterocycles. The molecule has 2 heterocycles. The molecule has 0 aliphatic carbocycles. The van der Waals surface area contributed by atoms with E-state index in [1.165, 1.54) is 5.56 Å². The summed E-state index contributed by atoms with van der Waals surface area (Å²) >= 11 is 11.0. The monoisotopic (exact) mass is 426 g/mol. The molecule has 1 aromatic heterocycles. The molecule has 0 saturated carbocycles. The molecule has 1 atom stereocenters. The van der Waals surface area contributed by atoms with E-state index in [-0.39, 0.29) is 21.9 Å². The topological polar surface area (TPSA) is 75.9 Å². The van der Waals surface area contributed by atoms with Crippen molar-refractivity contribution in [3.8, 4) is 5.88 Å². The number of hydrogen-bond acceptors (Lipinski definition) is 3. The minimum atomic E-state index is -0.365. The second-order valence-corrected chi connectivity index (χ2v) is 9.44. The molecular formula is C22H23ClN4OS. The van der Waals surface area contributed by atoms with Crippen LogP contribution in [-0.2, 0) is 11.0 Å². The first-order valence-electron chi connectivity index (χ1n) is 9.41. The number of aryl methyl sites for hydroxylation is 1. The lowest BCUT2D eigenvalue weighted by Crippen LogP contribution is -2.41. The van der Waals surface area contributed by atoms with Gasteiger partial charge in [0, 0.05) is 21.4 Å². The molecule has 29 heavy (non-hydrogen) atoms. The summed E-state index contributed by atoms with van der Waals surface area (Å²) < 4.78 is 1.96. The van der Waals surface area contributed by atoms with E-state index in [2.05, 4.69) is 49.2 Å². The van der Waals surface area contributed by atoms with Gasteiger partial charge < -0.3 is 15.4 Å². The summed E-state index contributed by atoms with van der Waals surface area (Å²) in [7, 11) is 0. The SMILES string of the molecule is Cc1cc2c3c(c1)c(N=NC(N)=S)c(O)n3C(C)(C)CC2(C)c1ccc(Cl)cc1. The van der Waals surface area contributed by atoms with Crippen molar-refractivity contribution in [2.75, 3.05) is 0 Å². The maximum atomic E-state index is 11.1. The van der Waals surface area contributed by atoms with Crippen LogP contribution in [0.1, 0.15) is 43.9 Å². The highest BCUT2D eigenvalue weighted by atomic mass is 35.5. The first-order valence-corrected chi connectivity index (χ1v) is 10.2. The Bertz CT molecular complexity index is 1180. The van der Waals surface area contributed by atoms with E-state index in [1.807, 2.05) is 29.7 Å². The number of benzene rings is 2. The summed E-state index contributed by atoms with van der Waals surface area (Å²) in [4.78, 5) is 0. The van der Waals surface area contributed by atoms with Crippen molar-refractivity contribution in [1.82, 2.24) is 4.57 Å². The molecule has 3 aromatic rings. The van der Waals surface area contributed by atoms with Crippen molar-refractivity contribution in [2.45, 2.75) is 45.1 Å². The summed E-state index contributed by atoms with van der Waals surface area (Å²) in [5.41, 5.74) is 9.62. The van der Waals surface area contributed by atoms with Gasteiger partial charge in [0.05, 0.1) is 5.52 Å². The maximum Gasteiger partial charge on any atom is 0.221 e. The van der Waals surface area contributed by atoms with E-state index in [0.29, 0.717) is 10.7 Å². The van der Waals surface area contributed by atoms with Gasteiger partial charge in [0.2, 0.25) is 11.0 Å². The van der Waals surface area contributed by atoms with Gasteiger partial charge in [0.1, 0.15) is 0 Å². The Kier molecular flexibility index (Phi) is 4.48. The molecule has 5 nitrogen and oxygen atoms in total. The first kappa shape index (κ1) is 19.9. The van der Waals surface area contributed by atoms with Crippen LogP contribution >= 0.6 is 23.8 Å². The zero-order valence-corrected chi connectivity index (χ0v) is 18.4. The van der Waals surface area contributed by atoms with Crippen LogP contribution in [0, 0.1) is 6.92 Å². The molecule has 0 fully saturated rings. The molecule has 1 aliphatic heterocycles. The van der Waals surface area contributed by atoms with Gasteiger partial charge in [-0.3, -0.25) is 0 Å². The second-order valence-electron chi connectivity index (χ2n) is 8.58. The number of nitrogens with zero attached hydrogens (tertiary/aromatic N) is 3. The van der Waals surface area contributed by atoms with Crippen molar-refractivity contribution in [1.29, 1.82) is 0 Å². The van der Waals surface area contributed by atoms with E-state index in [9.17, 15) is 5.11 Å². The van der Waals surface area contributed by atoms with Crippen LogP contribution in [0.5, 0.6) is 5.88 Å². The summed E-state index contributed by atoms with van der Waals surface area (Å²) in [5.74, 6) is 0.0787. The Morgan fingerprint density at radius 2 is 1.86 bits per heavy atom. The lowest BCUT2D eigenvalue weighted by atomic mass is 9.66. The minimum absolute atomic E-state index is 0.0710. The fourth-order valence-corrected chi connectivity index (χ4v) is 5.02. The van der Waals surface area contributed by atoms with Gasteiger partial charge in [-0.15, -0.1) is 10.2 Å². The summed E-state index contributed by atoms with van der Waals surface area (Å²) in [6, 6.07) is 12.2. The zero-order valence-electron chi connectivity index (χ0n) is 16.8. The van der Waals surface area contributed by atoms with Gasteiger partial charge in [-0.2, -0.15) is 0 Å². The standard InChI is InChI=1S/C22H23ClN4OS/c1-12-9-15-17(25-26-20(24)29)19(28)27-18(15)16(10-12)22(4,11-21(27,2)3)13-5-7-14(23)8-6-13/h5-10,28H,11H2,1-4H3,(H2,24,29). The summed E-state index contributed by atoms with van der Waals surface area (Å²) in [5, 5.41) is 20.6. The summed E-state index contributed by atoms with van der Waals surface area (Å²) in [6.45, 7) is 8.53. The maximum absolute atomic E-state index is 11.1. The quantitative estimate of drug-likeness (QED) is 0.385. The van der Waals surface area contributed by atoms with Crippen LogP contribution < -0.4 is 5.73 Å². The van der Waals surface area contributed by atoms with Crippen LogP contribution in [-0.4, -0.2) is 14.8 Å². The third-order valence-electron chi connectivity index (χ3n) is 5.87. The van der Waals surface area contributed by atoms with Crippen LogP contribution in [0.3, 0.4) is 0 Å². The van der Waals surface area contributed by atoms with Crippen molar-refractivity contribution >= 4 is 45.5 Å². The minimum Gasteiger partial charge on any atom is -0.493 e. The highest BCUT2D eigenvalue weighted by Crippen LogP contribution is 2.55. The van der Waals surface area contributed by atoms with Crippen LogP contribution in [0.2, 0.25) is 5.02 Å². The molecule has 4 rings (SSSR count). The van der Waals surface area contributed by atoms with E-state index < -0.39 is 0 Å². The Morgan fingerprint density at radius 3 is 2.48 bits per heavy atom. The fourth-order valence-electron chi connectivity index (χ4n) is 4.86. The highest BCUT2D eigenvalue weighted by Gasteiger charge is 2.45. The molecular weight excluding hydrogens is 404 g/mol. The van der Waals surface area contributed by atoms with Crippen LogP contribution in [0.15, 0.2) is 46.6 Å². The molecule has 150 valence electrons. The van der Waals surface area contributed by atoms with Gasteiger partial charge in [0.15, 0.2) is 5.69 Å². The van der Waals surface area contributed by atoms with Crippen molar-refractivity contribution < 1.29 is 5.11 Å². The van der Waals surface area contributed by atoms with Crippen molar-refractivity contribution in [3.63, 3.8) is 0 Å². The average molecular weight is 427 g/mol. The predicted molar refractivity (Wildman–Crippen MR) is 121 cm³/mol. The van der Waals surface area contributed by atoms with E-state index in [1.54, 1.807) is 0 Å². The molecule has 1 aliphatic rings. The molecule has 3 N–H and O–H groups in total. The summed E-state index contributed by atoms with van der Waals surface area (Å²) in [6.07, 6.45) is 0.793. The Labute approximate surface area is 180 Å². The highest BCUT2D eigenvalue weighted by molar-refractivity contribution is 7.80. The number of azo groups is 1. The van der Waals surface area contributed by atoms with Gasteiger partial charge in [-0.1, -0.05) is 36.7 Å². The fraction of sp³-hybridized carbons (Fsp3) is 0.318. The second kappa shape index (κ2) is 6.54. The molecule has 0 radical (unpaired) electrons. The van der Waals surface area contributed by atoms with Crippen LogP contribution in [0.25, 0.3) is 10.9 Å². The Morgan fingerprint density at radius 1 is 1.21 bits per heavy atom. The van der Waals surface area contributed by atoms with Gasteiger partial charge in [-0.25, -0.2) is 0 Å². The van der Waals surface area contributed by atoms with Crippen molar-refractivity contribution in [2.24, 2.45) is 16.0 Å². The van der Waals surface area contributed by atoms with Crippen LogP contribution in [0.4, 0.5) is 5.69 Å². The van der Waals surface area contributed by atoms with Crippen molar-refractivity contribution in [3.05, 3.63) is 58.1 Å². The number of aromatic nitrogens is 1. The Balaban J connectivity index is 2.11. The number of thiocarbonyl (C=S) groups is 1. The smallest absolute Gasteiger partial charge is 0.221 e. The number of halogens is 1. The largest absolute Gasteiger partial charge is 0.493 e. The predicted octanol–water partition coefficient (Wildman–Crippen LogP) is 6.08. The molecule has 0 bridgehead atoms. The number of aromatic hydroxyl groups is 1. The lowest BCUT2D eigenvalue weighted by molar-refractivity contribution is 0.236. The normalized spacial score (nSPS) is 20.4. The molecule has 0 spiro atoms. The third-order valence-corrected chi connectivity index (χ3v) is 6.21. The van der Waals surface area contributed by atoms with E-state index in [4.69, 9.17) is 29.6 Å².